The van der Waals surface area contributed by atoms with Gasteiger partial charge in [0.05, 0.1) is 24.6 Å². The monoisotopic (exact) mass is 511 g/mol. The molecule has 0 amide bonds. The van der Waals surface area contributed by atoms with Crippen LogP contribution in [0.4, 0.5) is 0 Å². The van der Waals surface area contributed by atoms with Gasteiger partial charge in [0.1, 0.15) is 11.9 Å². The van der Waals surface area contributed by atoms with Crippen molar-refractivity contribution in [1.82, 2.24) is 14.1 Å². The third kappa shape index (κ3) is 5.18. The Balaban J connectivity index is 0.00000320. The Labute approximate surface area is 198 Å². The van der Waals surface area contributed by atoms with Crippen molar-refractivity contribution in [2.24, 2.45) is 0 Å². The number of hydrogen-bond acceptors (Lipinski definition) is 6. The maximum Gasteiger partial charge on any atom is 0.297 e. The van der Waals surface area contributed by atoms with Crippen molar-refractivity contribution in [2.75, 3.05) is 13.2 Å². The Morgan fingerprint density at radius 2 is 1.87 bits per heavy atom. The molecule has 1 unspecified atom stereocenters. The summed E-state index contributed by atoms with van der Waals surface area (Å²) in [6.07, 6.45) is 3.22. The van der Waals surface area contributed by atoms with Gasteiger partial charge in [-0.2, -0.15) is 5.10 Å². The zero-order valence-corrected chi connectivity index (χ0v) is 20.3. The van der Waals surface area contributed by atoms with Crippen molar-refractivity contribution in [3.05, 3.63) is 45.9 Å². The molecule has 0 radical (unpaired) electrons. The van der Waals surface area contributed by atoms with Crippen LogP contribution in [0.15, 0.2) is 30.6 Å². The highest BCUT2D eigenvalue weighted by Crippen LogP contribution is 2.54. The van der Waals surface area contributed by atoms with Gasteiger partial charge in [0.2, 0.25) is 4.77 Å². The quantitative estimate of drug-likeness (QED) is 0.254. The Hall–Kier alpha value is -0.310. The van der Waals surface area contributed by atoms with Gasteiger partial charge in [-0.3, -0.25) is 0 Å². The van der Waals surface area contributed by atoms with Crippen LogP contribution in [0.25, 0.3) is 0 Å². The van der Waals surface area contributed by atoms with E-state index < -0.39 is 17.1 Å². The molecule has 0 saturated heterocycles. The molecule has 11 heteroatoms. The minimum absolute atomic E-state index is 0. The van der Waals surface area contributed by atoms with E-state index in [0.29, 0.717) is 35.8 Å². The van der Waals surface area contributed by atoms with Gasteiger partial charge in [-0.25, -0.2) is 9.02 Å². The predicted octanol–water partition coefficient (Wildman–Crippen LogP) is 5.59. The number of benzene rings is 1. The molecule has 0 spiro atoms. The minimum atomic E-state index is -2.83. The highest BCUT2D eigenvalue weighted by atomic mass is 35.5. The van der Waals surface area contributed by atoms with E-state index in [1.807, 2.05) is 32.0 Å². The second kappa shape index (κ2) is 10.1. The standard InChI is InChI=1S/C18H24Cl2N3O3PS2.CH4/c1-3-25-27(29,26-4-2)23-13-21-22(16(23)28)12-18(24,17(20)9-10-17)11-14-7-5-6-8-15(14)19;/h5-8,13,24H,3-4,9-12H2,1-2H3;1H4. The fourth-order valence-corrected chi connectivity index (χ4v) is 6.74. The maximum atomic E-state index is 11.6. The summed E-state index contributed by atoms with van der Waals surface area (Å²) in [5, 5.41) is 16.5. The van der Waals surface area contributed by atoms with E-state index in [9.17, 15) is 5.11 Å². The van der Waals surface area contributed by atoms with Crippen molar-refractivity contribution in [2.45, 2.75) is 57.6 Å². The van der Waals surface area contributed by atoms with E-state index in [1.165, 1.54) is 11.0 Å². The summed E-state index contributed by atoms with van der Waals surface area (Å²) in [7, 11) is 0. The average Bonchev–Trinajstić information content (AvgIpc) is 3.32. The molecular formula is C19H28Cl2N3O3PS2. The van der Waals surface area contributed by atoms with Gasteiger partial charge in [-0.15, -0.1) is 11.6 Å². The molecule has 1 saturated carbocycles. The predicted molar refractivity (Wildman–Crippen MR) is 129 cm³/mol. The first-order valence-electron chi connectivity index (χ1n) is 9.37. The summed E-state index contributed by atoms with van der Waals surface area (Å²) in [5.74, 6) is 0. The zero-order chi connectivity index (χ0) is 21.3. The number of hydrogen-bond donors (Lipinski definition) is 1. The van der Waals surface area contributed by atoms with E-state index in [2.05, 4.69) is 5.10 Å². The highest BCUT2D eigenvalue weighted by Gasteiger charge is 2.58. The summed E-state index contributed by atoms with van der Waals surface area (Å²) in [4.78, 5) is -0.745. The van der Waals surface area contributed by atoms with Crippen LogP contribution < -0.4 is 0 Å². The zero-order valence-electron chi connectivity index (χ0n) is 16.3. The molecule has 1 N–H and O–H groups in total. The summed E-state index contributed by atoms with van der Waals surface area (Å²) >= 11 is 24.2. The van der Waals surface area contributed by atoms with E-state index in [0.717, 1.165) is 5.56 Å². The van der Waals surface area contributed by atoms with Crippen LogP contribution in [0.3, 0.4) is 0 Å². The lowest BCUT2D eigenvalue weighted by Crippen LogP contribution is -2.47. The minimum Gasteiger partial charge on any atom is -0.386 e. The lowest BCUT2D eigenvalue weighted by Gasteiger charge is -2.33. The van der Waals surface area contributed by atoms with E-state index in [4.69, 9.17) is 56.3 Å². The van der Waals surface area contributed by atoms with Crippen LogP contribution in [0, 0.1) is 4.77 Å². The first-order chi connectivity index (χ1) is 13.7. The summed E-state index contributed by atoms with van der Waals surface area (Å²) < 4.78 is 14.9. The molecule has 0 bridgehead atoms. The fraction of sp³-hybridized carbons (Fsp3) is 0.579. The number of aromatic nitrogens is 3. The number of halogens is 2. The molecule has 1 atom stereocenters. The van der Waals surface area contributed by atoms with Gasteiger partial charge in [0, 0.05) is 11.4 Å². The lowest BCUT2D eigenvalue weighted by molar-refractivity contribution is 0.00722. The van der Waals surface area contributed by atoms with Gasteiger partial charge < -0.3 is 14.2 Å². The second-order valence-corrected chi connectivity index (χ2v) is 11.7. The first-order valence-corrected chi connectivity index (χ1v) is 13.1. The van der Waals surface area contributed by atoms with Crippen LogP contribution in [-0.4, -0.2) is 42.9 Å². The topological polar surface area (TPSA) is 61.4 Å². The Kier molecular flexibility index (Phi) is 8.73. The third-order valence-corrected chi connectivity index (χ3v) is 9.73. The number of alkyl halides is 1. The van der Waals surface area contributed by atoms with Crippen molar-refractivity contribution >= 4 is 53.9 Å². The first kappa shape index (κ1) is 25.9. The van der Waals surface area contributed by atoms with E-state index in [1.54, 1.807) is 10.4 Å². The van der Waals surface area contributed by atoms with Crippen LogP contribution in [0.2, 0.25) is 5.02 Å². The molecule has 168 valence electrons. The SMILES string of the molecule is C.CCOP(=S)(OCC)n1cnn(CC(O)(Cc2ccccc2Cl)C2(Cl)CC2)c1=S. The number of rotatable bonds is 10. The molecule has 30 heavy (non-hydrogen) atoms. The summed E-state index contributed by atoms with van der Waals surface area (Å²) in [6, 6.07) is 7.42. The molecule has 1 aromatic heterocycles. The van der Waals surface area contributed by atoms with Gasteiger partial charge in [-0.05, 0) is 62.3 Å². The molecule has 1 heterocycles. The molecular weight excluding hydrogens is 484 g/mol. The van der Waals surface area contributed by atoms with Gasteiger partial charge >= 0.3 is 0 Å². The van der Waals surface area contributed by atoms with Crippen LogP contribution >= 0.6 is 42.1 Å². The molecule has 2 aromatic rings. The molecule has 1 aliphatic carbocycles. The molecule has 1 fully saturated rings. The van der Waals surface area contributed by atoms with Crippen LogP contribution in [-0.2, 0) is 33.8 Å². The molecule has 1 aliphatic rings. The van der Waals surface area contributed by atoms with Crippen molar-refractivity contribution in [3.8, 4) is 0 Å². The number of aliphatic hydroxyl groups is 1. The third-order valence-electron chi connectivity index (χ3n) is 4.94. The van der Waals surface area contributed by atoms with Crippen molar-refractivity contribution < 1.29 is 14.2 Å². The number of nitrogens with zero attached hydrogens (tertiary/aromatic N) is 3. The Morgan fingerprint density at radius 3 is 2.40 bits per heavy atom. The fourth-order valence-electron chi connectivity index (χ4n) is 3.23. The molecule has 1 aromatic carbocycles. The van der Waals surface area contributed by atoms with Crippen molar-refractivity contribution in [3.63, 3.8) is 0 Å². The lowest BCUT2D eigenvalue weighted by atomic mass is 9.89. The van der Waals surface area contributed by atoms with E-state index >= 15 is 0 Å². The molecule has 3 rings (SSSR count). The van der Waals surface area contributed by atoms with Gasteiger partial charge in [-0.1, -0.05) is 37.2 Å². The van der Waals surface area contributed by atoms with E-state index in [-0.39, 0.29) is 20.4 Å². The Bertz CT molecular complexity index is 970. The van der Waals surface area contributed by atoms with Gasteiger partial charge in [0.25, 0.3) is 6.64 Å². The summed E-state index contributed by atoms with van der Waals surface area (Å²) in [6.45, 7) is 1.77. The molecule has 6 nitrogen and oxygen atoms in total. The van der Waals surface area contributed by atoms with Crippen LogP contribution in [0.1, 0.15) is 39.7 Å². The smallest absolute Gasteiger partial charge is 0.297 e. The Morgan fingerprint density at radius 1 is 1.27 bits per heavy atom. The van der Waals surface area contributed by atoms with Crippen molar-refractivity contribution in [1.29, 1.82) is 0 Å². The highest BCUT2D eigenvalue weighted by molar-refractivity contribution is 8.09. The maximum absolute atomic E-state index is 11.6. The second-order valence-electron chi connectivity index (χ2n) is 6.98. The average molecular weight is 512 g/mol. The van der Waals surface area contributed by atoms with Gasteiger partial charge in [0.15, 0.2) is 0 Å². The largest absolute Gasteiger partial charge is 0.386 e. The summed E-state index contributed by atoms with van der Waals surface area (Å²) in [5.41, 5.74) is -0.459. The van der Waals surface area contributed by atoms with Crippen LogP contribution in [0.5, 0.6) is 0 Å². The normalized spacial score (nSPS) is 17.2. The molecule has 0 aliphatic heterocycles.